The molecule has 0 aromatic carbocycles. The SMILES string of the molecule is CC[C@@H](C(=O)OC(C)C)n1cnc2sc3c(c2c1=O)CC[C@H](C)C3. The lowest BCUT2D eigenvalue weighted by atomic mass is 9.89. The topological polar surface area (TPSA) is 61.2 Å². The van der Waals surface area contributed by atoms with Crippen LogP contribution in [0.4, 0.5) is 0 Å². The Balaban J connectivity index is 2.08. The van der Waals surface area contributed by atoms with Crippen LogP contribution in [0, 0.1) is 5.92 Å². The summed E-state index contributed by atoms with van der Waals surface area (Å²) in [5.74, 6) is 0.283. The third-order valence-corrected chi connectivity index (χ3v) is 5.75. The Kier molecular flexibility index (Phi) is 4.76. The van der Waals surface area contributed by atoms with E-state index in [9.17, 15) is 9.59 Å². The van der Waals surface area contributed by atoms with Gasteiger partial charge in [0.15, 0.2) is 0 Å². The first kappa shape index (κ1) is 17.1. The first-order valence-electron chi connectivity index (χ1n) is 8.64. The summed E-state index contributed by atoms with van der Waals surface area (Å²) in [7, 11) is 0. The van der Waals surface area contributed by atoms with Gasteiger partial charge >= 0.3 is 5.97 Å². The Morgan fingerprint density at radius 1 is 1.50 bits per heavy atom. The lowest BCUT2D eigenvalue weighted by Crippen LogP contribution is -2.32. The fourth-order valence-electron chi connectivity index (χ4n) is 3.35. The Morgan fingerprint density at radius 2 is 2.25 bits per heavy atom. The Morgan fingerprint density at radius 3 is 2.92 bits per heavy atom. The number of carbonyl (C=O) groups is 1. The van der Waals surface area contributed by atoms with Crippen LogP contribution >= 0.6 is 11.3 Å². The van der Waals surface area contributed by atoms with Crippen LogP contribution in [-0.4, -0.2) is 21.6 Å². The Labute approximate surface area is 145 Å². The molecule has 130 valence electrons. The molecule has 0 unspecified atom stereocenters. The lowest BCUT2D eigenvalue weighted by Gasteiger charge is -2.19. The average molecular weight is 348 g/mol. The molecular weight excluding hydrogens is 324 g/mol. The summed E-state index contributed by atoms with van der Waals surface area (Å²) < 4.78 is 6.77. The zero-order valence-electron chi connectivity index (χ0n) is 14.7. The van der Waals surface area contributed by atoms with Gasteiger partial charge in [0.25, 0.3) is 5.56 Å². The molecule has 2 atom stereocenters. The summed E-state index contributed by atoms with van der Waals surface area (Å²) in [5, 5.41) is 0.709. The normalized spacial score (nSPS) is 18.6. The number of esters is 1. The van der Waals surface area contributed by atoms with Crippen molar-refractivity contribution in [3.63, 3.8) is 0 Å². The molecule has 3 rings (SSSR count). The number of thiophene rings is 1. The van der Waals surface area contributed by atoms with Crippen molar-refractivity contribution in [2.75, 3.05) is 0 Å². The van der Waals surface area contributed by atoms with Crippen LogP contribution in [0.1, 0.15) is 57.0 Å². The second-order valence-electron chi connectivity index (χ2n) is 6.90. The molecule has 0 aliphatic heterocycles. The van der Waals surface area contributed by atoms with Crippen LogP contribution in [0.25, 0.3) is 10.2 Å². The zero-order chi connectivity index (χ0) is 17.4. The third kappa shape index (κ3) is 2.99. The number of hydrogen-bond donors (Lipinski definition) is 0. The van der Waals surface area contributed by atoms with E-state index in [1.165, 1.54) is 15.8 Å². The van der Waals surface area contributed by atoms with E-state index in [1.807, 2.05) is 20.8 Å². The first-order valence-corrected chi connectivity index (χ1v) is 9.45. The average Bonchev–Trinajstić information content (AvgIpc) is 2.87. The molecule has 2 aromatic rings. The van der Waals surface area contributed by atoms with Gasteiger partial charge in [-0.2, -0.15) is 0 Å². The summed E-state index contributed by atoms with van der Waals surface area (Å²) in [5.41, 5.74) is 1.03. The summed E-state index contributed by atoms with van der Waals surface area (Å²) in [6.45, 7) is 7.75. The predicted octanol–water partition coefficient (Wildman–Crippen LogP) is 3.49. The van der Waals surface area contributed by atoms with E-state index in [4.69, 9.17) is 4.74 Å². The predicted molar refractivity (Wildman–Crippen MR) is 95.6 cm³/mol. The minimum Gasteiger partial charge on any atom is -0.461 e. The van der Waals surface area contributed by atoms with Crippen LogP contribution in [0.5, 0.6) is 0 Å². The van der Waals surface area contributed by atoms with Gasteiger partial charge in [-0.05, 0) is 51.0 Å². The smallest absolute Gasteiger partial charge is 0.329 e. The van der Waals surface area contributed by atoms with E-state index in [2.05, 4.69) is 11.9 Å². The van der Waals surface area contributed by atoms with Crippen LogP contribution in [-0.2, 0) is 22.4 Å². The quantitative estimate of drug-likeness (QED) is 0.794. The molecule has 0 saturated carbocycles. The summed E-state index contributed by atoms with van der Waals surface area (Å²) in [6.07, 6.45) is 4.84. The molecule has 0 radical (unpaired) electrons. The van der Waals surface area contributed by atoms with Crippen molar-refractivity contribution >= 4 is 27.5 Å². The monoisotopic (exact) mass is 348 g/mol. The fraction of sp³-hybridized carbons (Fsp3) is 0.611. The van der Waals surface area contributed by atoms with E-state index in [0.29, 0.717) is 17.7 Å². The van der Waals surface area contributed by atoms with Gasteiger partial charge in [0.1, 0.15) is 10.9 Å². The molecule has 0 fully saturated rings. The van der Waals surface area contributed by atoms with Crippen molar-refractivity contribution in [1.29, 1.82) is 0 Å². The van der Waals surface area contributed by atoms with Crippen molar-refractivity contribution in [1.82, 2.24) is 9.55 Å². The largest absolute Gasteiger partial charge is 0.461 e. The lowest BCUT2D eigenvalue weighted by molar-refractivity contribution is -0.151. The summed E-state index contributed by atoms with van der Waals surface area (Å²) in [4.78, 5) is 31.9. The van der Waals surface area contributed by atoms with Crippen LogP contribution in [0.15, 0.2) is 11.1 Å². The third-order valence-electron chi connectivity index (χ3n) is 4.59. The summed E-state index contributed by atoms with van der Waals surface area (Å²) >= 11 is 1.62. The maximum absolute atomic E-state index is 13.1. The van der Waals surface area contributed by atoms with Crippen molar-refractivity contribution in [2.24, 2.45) is 5.92 Å². The molecule has 24 heavy (non-hydrogen) atoms. The van der Waals surface area contributed by atoms with Gasteiger partial charge in [-0.25, -0.2) is 9.78 Å². The van der Waals surface area contributed by atoms with Crippen molar-refractivity contribution in [2.45, 2.75) is 65.5 Å². The second-order valence-corrected chi connectivity index (χ2v) is 7.98. The highest BCUT2D eigenvalue weighted by molar-refractivity contribution is 7.18. The van der Waals surface area contributed by atoms with Crippen LogP contribution in [0.3, 0.4) is 0 Å². The fourth-order valence-corrected chi connectivity index (χ4v) is 4.69. The van der Waals surface area contributed by atoms with Crippen LogP contribution < -0.4 is 5.56 Å². The van der Waals surface area contributed by atoms with Crippen molar-refractivity contribution in [3.8, 4) is 0 Å². The molecule has 2 heterocycles. The van der Waals surface area contributed by atoms with Gasteiger partial charge in [-0.15, -0.1) is 11.3 Å². The highest BCUT2D eigenvalue weighted by atomic mass is 32.1. The number of aromatic nitrogens is 2. The van der Waals surface area contributed by atoms with Crippen molar-refractivity contribution < 1.29 is 9.53 Å². The number of aryl methyl sites for hydroxylation is 1. The number of fused-ring (bicyclic) bond motifs is 3. The van der Waals surface area contributed by atoms with E-state index in [-0.39, 0.29) is 17.6 Å². The number of nitrogens with zero attached hydrogens (tertiary/aromatic N) is 2. The molecule has 0 bridgehead atoms. The highest BCUT2D eigenvalue weighted by Gasteiger charge is 2.27. The van der Waals surface area contributed by atoms with E-state index >= 15 is 0 Å². The highest BCUT2D eigenvalue weighted by Crippen LogP contribution is 2.35. The molecule has 5 nitrogen and oxygen atoms in total. The minimum absolute atomic E-state index is 0.111. The van der Waals surface area contributed by atoms with Crippen LogP contribution in [0.2, 0.25) is 0 Å². The molecule has 2 aromatic heterocycles. The van der Waals surface area contributed by atoms with E-state index in [0.717, 1.165) is 29.7 Å². The minimum atomic E-state index is -0.616. The number of ether oxygens (including phenoxy) is 1. The number of hydrogen-bond acceptors (Lipinski definition) is 5. The van der Waals surface area contributed by atoms with Gasteiger partial charge in [0.2, 0.25) is 0 Å². The standard InChI is InChI=1S/C18H24N2O3S/c1-5-13(18(22)23-10(2)3)20-9-19-16-15(17(20)21)12-7-6-11(4)8-14(12)24-16/h9-11,13H,5-8H2,1-4H3/t11-,13-/m0/s1. The summed E-state index contributed by atoms with van der Waals surface area (Å²) in [6, 6.07) is -0.616. The van der Waals surface area contributed by atoms with Gasteiger partial charge < -0.3 is 4.74 Å². The van der Waals surface area contributed by atoms with Gasteiger partial charge in [0.05, 0.1) is 17.8 Å². The maximum atomic E-state index is 13.1. The molecule has 1 aliphatic rings. The van der Waals surface area contributed by atoms with Crippen molar-refractivity contribution in [3.05, 3.63) is 27.1 Å². The molecule has 1 aliphatic carbocycles. The van der Waals surface area contributed by atoms with E-state index < -0.39 is 6.04 Å². The molecule has 0 N–H and O–H groups in total. The molecular formula is C18H24N2O3S. The molecule has 0 saturated heterocycles. The number of carbonyl (C=O) groups excluding carboxylic acids is 1. The number of rotatable bonds is 4. The first-order chi connectivity index (χ1) is 11.4. The molecule has 0 spiro atoms. The van der Waals surface area contributed by atoms with E-state index in [1.54, 1.807) is 11.3 Å². The van der Waals surface area contributed by atoms with Gasteiger partial charge in [0, 0.05) is 4.88 Å². The maximum Gasteiger partial charge on any atom is 0.329 e. The Bertz CT molecular complexity index is 822. The van der Waals surface area contributed by atoms with Gasteiger partial charge in [-0.3, -0.25) is 9.36 Å². The van der Waals surface area contributed by atoms with Gasteiger partial charge in [-0.1, -0.05) is 13.8 Å². The molecule has 6 heteroatoms. The zero-order valence-corrected chi connectivity index (χ0v) is 15.5. The second kappa shape index (κ2) is 6.67. The Hall–Kier alpha value is -1.69. The molecule has 0 amide bonds.